The largest absolute Gasteiger partial charge is 0.352 e. The highest BCUT2D eigenvalue weighted by Gasteiger charge is 2.22. The molecule has 1 saturated carbocycles. The van der Waals surface area contributed by atoms with Crippen LogP contribution in [-0.2, 0) is 4.79 Å². The molecule has 1 aliphatic carbocycles. The molecule has 2 heterocycles. The summed E-state index contributed by atoms with van der Waals surface area (Å²) in [6.07, 6.45) is 12.3. The average Bonchev–Trinajstić information content (AvgIpc) is 2.73. The Bertz CT molecular complexity index is 620. The zero-order valence-electron chi connectivity index (χ0n) is 16.5. The van der Waals surface area contributed by atoms with Crippen molar-refractivity contribution in [2.24, 2.45) is 0 Å². The number of aromatic nitrogens is 2. The molecule has 1 saturated heterocycles. The van der Waals surface area contributed by atoms with Gasteiger partial charge in [0.05, 0.1) is 0 Å². The summed E-state index contributed by atoms with van der Waals surface area (Å²) in [5, 5.41) is 9.00. The molecule has 8 nitrogen and oxygen atoms in total. The molecular formula is C20H32N6O2. The van der Waals surface area contributed by atoms with Crippen molar-refractivity contribution < 1.29 is 9.59 Å². The van der Waals surface area contributed by atoms with Gasteiger partial charge in [-0.15, -0.1) is 0 Å². The molecule has 1 aromatic rings. The maximum Gasteiger partial charge on any atom is 0.315 e. The van der Waals surface area contributed by atoms with Crippen LogP contribution in [0.3, 0.4) is 0 Å². The highest BCUT2D eigenvalue weighted by atomic mass is 16.2. The Morgan fingerprint density at radius 1 is 1.00 bits per heavy atom. The molecule has 1 aromatic heterocycles. The maximum absolute atomic E-state index is 12.2. The molecule has 2 fully saturated rings. The lowest BCUT2D eigenvalue weighted by molar-refractivity contribution is -0.121. The molecule has 1 aliphatic heterocycles. The summed E-state index contributed by atoms with van der Waals surface area (Å²) < 4.78 is 0. The second kappa shape index (κ2) is 10.8. The maximum atomic E-state index is 12.2. The van der Waals surface area contributed by atoms with Gasteiger partial charge in [-0.25, -0.2) is 14.8 Å². The second-order valence-electron chi connectivity index (χ2n) is 7.74. The van der Waals surface area contributed by atoms with Gasteiger partial charge in [0.1, 0.15) is 0 Å². The zero-order valence-corrected chi connectivity index (χ0v) is 16.5. The summed E-state index contributed by atoms with van der Waals surface area (Å²) in [6.45, 7) is 2.16. The van der Waals surface area contributed by atoms with E-state index in [0.717, 1.165) is 44.7 Å². The monoisotopic (exact) mass is 388 g/mol. The van der Waals surface area contributed by atoms with E-state index >= 15 is 0 Å². The van der Waals surface area contributed by atoms with Gasteiger partial charge >= 0.3 is 6.03 Å². The molecule has 1 atom stereocenters. The van der Waals surface area contributed by atoms with Gasteiger partial charge in [-0.05, 0) is 38.2 Å². The number of rotatable bonds is 7. The fourth-order valence-corrected chi connectivity index (χ4v) is 3.97. The third-order valence-corrected chi connectivity index (χ3v) is 5.43. The van der Waals surface area contributed by atoms with Crippen molar-refractivity contribution in [3.8, 4) is 0 Å². The first-order valence-corrected chi connectivity index (χ1v) is 10.6. The summed E-state index contributed by atoms with van der Waals surface area (Å²) in [4.78, 5) is 34.8. The van der Waals surface area contributed by atoms with Gasteiger partial charge in [-0.1, -0.05) is 19.3 Å². The van der Waals surface area contributed by atoms with E-state index in [-0.39, 0.29) is 18.0 Å². The third-order valence-electron chi connectivity index (χ3n) is 5.43. The Kier molecular flexibility index (Phi) is 7.87. The van der Waals surface area contributed by atoms with Crippen LogP contribution >= 0.6 is 0 Å². The van der Waals surface area contributed by atoms with Crippen molar-refractivity contribution in [3.63, 3.8) is 0 Å². The number of nitrogens with zero attached hydrogens (tertiary/aromatic N) is 3. The lowest BCUT2D eigenvalue weighted by atomic mass is 9.96. The minimum Gasteiger partial charge on any atom is -0.352 e. The third kappa shape index (κ3) is 6.65. The Morgan fingerprint density at radius 3 is 2.54 bits per heavy atom. The van der Waals surface area contributed by atoms with Crippen molar-refractivity contribution in [1.29, 1.82) is 0 Å². The quantitative estimate of drug-likeness (QED) is 0.620. The van der Waals surface area contributed by atoms with E-state index < -0.39 is 0 Å². The van der Waals surface area contributed by atoms with Crippen molar-refractivity contribution in [1.82, 2.24) is 25.9 Å². The number of piperidine rings is 1. The number of nitrogens with one attached hydrogen (secondary N) is 3. The lowest BCUT2D eigenvalue weighted by Gasteiger charge is -2.33. The highest BCUT2D eigenvalue weighted by Crippen LogP contribution is 2.17. The summed E-state index contributed by atoms with van der Waals surface area (Å²) in [7, 11) is 0. The van der Waals surface area contributed by atoms with E-state index in [1.54, 1.807) is 18.5 Å². The van der Waals surface area contributed by atoms with Gasteiger partial charge in [0, 0.05) is 50.5 Å². The Hall–Kier alpha value is -2.38. The SMILES string of the molecule is O=C(CCCNC(=O)NC1CCCCC1)N[C@@H]1CCCN(c2ncccn2)C1. The van der Waals surface area contributed by atoms with Crippen LogP contribution in [0.15, 0.2) is 18.5 Å². The van der Waals surface area contributed by atoms with E-state index in [9.17, 15) is 9.59 Å². The van der Waals surface area contributed by atoms with Crippen LogP contribution in [0.25, 0.3) is 0 Å². The first kappa shape index (κ1) is 20.4. The Morgan fingerprint density at radius 2 is 1.75 bits per heavy atom. The summed E-state index contributed by atoms with van der Waals surface area (Å²) in [5.41, 5.74) is 0. The number of amides is 3. The molecule has 154 valence electrons. The molecule has 8 heteroatoms. The standard InChI is InChI=1S/C20H32N6O2/c27-18(10-4-11-23-20(28)25-16-7-2-1-3-8-16)24-17-9-5-14-26(15-17)19-21-12-6-13-22-19/h6,12-13,16-17H,1-5,7-11,14-15H2,(H,24,27)(H2,23,25,28)/t17-/m1/s1. The second-order valence-corrected chi connectivity index (χ2v) is 7.74. The minimum absolute atomic E-state index is 0.0373. The van der Waals surface area contributed by atoms with Gasteiger partial charge in [-0.2, -0.15) is 0 Å². The van der Waals surface area contributed by atoms with Gasteiger partial charge < -0.3 is 20.9 Å². The van der Waals surface area contributed by atoms with Crippen molar-refractivity contribution in [2.45, 2.75) is 69.9 Å². The average molecular weight is 389 g/mol. The first-order chi connectivity index (χ1) is 13.7. The molecule has 0 bridgehead atoms. The van der Waals surface area contributed by atoms with Crippen molar-refractivity contribution >= 4 is 17.9 Å². The molecule has 3 amide bonds. The topological polar surface area (TPSA) is 99.2 Å². The molecule has 2 aliphatic rings. The van der Waals surface area contributed by atoms with E-state index in [1.165, 1.54) is 19.3 Å². The molecule has 3 rings (SSSR count). The van der Waals surface area contributed by atoms with Crippen molar-refractivity contribution in [2.75, 3.05) is 24.5 Å². The highest BCUT2D eigenvalue weighted by molar-refractivity contribution is 5.76. The number of hydrogen-bond donors (Lipinski definition) is 3. The molecule has 0 radical (unpaired) electrons. The van der Waals surface area contributed by atoms with E-state index in [0.29, 0.717) is 25.4 Å². The molecular weight excluding hydrogens is 356 g/mol. The van der Waals surface area contributed by atoms with Crippen molar-refractivity contribution in [3.05, 3.63) is 18.5 Å². The summed E-state index contributed by atoms with van der Waals surface area (Å²) in [5.74, 6) is 0.755. The number of urea groups is 1. The van der Waals surface area contributed by atoms with Crippen LogP contribution in [0, 0.1) is 0 Å². The van der Waals surface area contributed by atoms with E-state index in [1.807, 2.05) is 0 Å². The normalized spacial score (nSPS) is 20.4. The molecule has 0 spiro atoms. The Labute approximate surface area is 166 Å². The molecule has 0 aromatic carbocycles. The molecule has 3 N–H and O–H groups in total. The van der Waals surface area contributed by atoms with Crippen LogP contribution < -0.4 is 20.9 Å². The van der Waals surface area contributed by atoms with Crippen LogP contribution in [0.2, 0.25) is 0 Å². The fraction of sp³-hybridized carbons (Fsp3) is 0.700. The van der Waals surface area contributed by atoms with Gasteiger partial charge in [-0.3, -0.25) is 4.79 Å². The zero-order chi connectivity index (χ0) is 19.6. The predicted molar refractivity (Wildman–Crippen MR) is 108 cm³/mol. The van der Waals surface area contributed by atoms with Crippen LogP contribution in [-0.4, -0.2) is 53.6 Å². The first-order valence-electron chi connectivity index (χ1n) is 10.6. The number of carbonyl (C=O) groups is 2. The summed E-state index contributed by atoms with van der Waals surface area (Å²) in [6, 6.07) is 2.11. The summed E-state index contributed by atoms with van der Waals surface area (Å²) >= 11 is 0. The Balaban J connectivity index is 1.29. The number of hydrogen-bond acceptors (Lipinski definition) is 5. The number of carbonyl (C=O) groups excluding carboxylic acids is 2. The van der Waals surface area contributed by atoms with E-state index in [2.05, 4.69) is 30.8 Å². The predicted octanol–water partition coefficient (Wildman–Crippen LogP) is 1.97. The van der Waals surface area contributed by atoms with Crippen LogP contribution in [0.4, 0.5) is 10.7 Å². The molecule has 0 unspecified atom stereocenters. The fourth-order valence-electron chi connectivity index (χ4n) is 3.97. The molecule has 28 heavy (non-hydrogen) atoms. The minimum atomic E-state index is -0.113. The van der Waals surface area contributed by atoms with Gasteiger partial charge in [0.15, 0.2) is 0 Å². The van der Waals surface area contributed by atoms with Crippen LogP contribution in [0.1, 0.15) is 57.8 Å². The van der Waals surface area contributed by atoms with Gasteiger partial charge in [0.25, 0.3) is 0 Å². The van der Waals surface area contributed by atoms with Gasteiger partial charge in [0.2, 0.25) is 11.9 Å². The lowest BCUT2D eigenvalue weighted by Crippen LogP contribution is -2.48. The van der Waals surface area contributed by atoms with E-state index in [4.69, 9.17) is 0 Å². The number of anilines is 1. The van der Waals surface area contributed by atoms with Crippen LogP contribution in [0.5, 0.6) is 0 Å². The smallest absolute Gasteiger partial charge is 0.315 e.